The third-order valence-electron chi connectivity index (χ3n) is 11.2. The van der Waals surface area contributed by atoms with Gasteiger partial charge in [0.1, 0.15) is 0 Å². The maximum Gasteiger partial charge on any atom is 0.160 e. The predicted octanol–water partition coefficient (Wildman–Crippen LogP) is 11.9. The molecule has 9 aromatic rings. The lowest BCUT2D eigenvalue weighted by Gasteiger charge is -2.35. The highest BCUT2D eigenvalue weighted by molar-refractivity contribution is 6.05. The van der Waals surface area contributed by atoms with E-state index in [1.165, 1.54) is 55.3 Å². The zero-order valence-electron chi connectivity index (χ0n) is 29.8. The molecule has 2 aromatic heterocycles. The van der Waals surface area contributed by atoms with Crippen molar-refractivity contribution in [2.75, 3.05) is 0 Å². The van der Waals surface area contributed by atoms with Crippen molar-refractivity contribution >= 4 is 22.9 Å². The van der Waals surface area contributed by atoms with Crippen molar-refractivity contribution in [3.05, 3.63) is 216 Å². The number of fused-ring (bicyclic) bond motifs is 11. The van der Waals surface area contributed by atoms with E-state index in [1.54, 1.807) is 0 Å². The fourth-order valence-corrected chi connectivity index (χ4v) is 8.78. The highest BCUT2D eigenvalue weighted by atomic mass is 14.9. The van der Waals surface area contributed by atoms with Crippen molar-refractivity contribution in [1.29, 1.82) is 0 Å². The summed E-state index contributed by atoms with van der Waals surface area (Å²) >= 11 is 0. The van der Waals surface area contributed by atoms with E-state index in [4.69, 9.17) is 19.9 Å². The molecule has 2 heterocycles. The van der Waals surface area contributed by atoms with Gasteiger partial charge in [0, 0.05) is 34.6 Å². The molecular formula is C51H32N4. The molecule has 4 heteroatoms. The molecule has 11 rings (SSSR count). The highest BCUT2D eigenvalue weighted by Crippen LogP contribution is 2.60. The Morgan fingerprint density at radius 2 is 1.00 bits per heavy atom. The van der Waals surface area contributed by atoms with Gasteiger partial charge in [0.25, 0.3) is 0 Å². The standard InChI is InChI=1S/C51H32N4/c1-3-15-36(16-4-1)49-52-31-39(32-53-49)47-30-46(54-50(55-47)37-17-5-2-6-18-37)38-26-25-35-24-23-34-14-8-11-21-42(34)51(45(35)29-38)43-22-12-10-20-41(43)48-40-19-9-7-13-33(40)27-28-44(48)51/h1-32H. The summed E-state index contributed by atoms with van der Waals surface area (Å²) in [6.07, 6.45) is 8.28. The molecule has 0 aliphatic heterocycles. The maximum absolute atomic E-state index is 5.26. The van der Waals surface area contributed by atoms with Gasteiger partial charge in [0.05, 0.1) is 16.8 Å². The number of hydrogen-bond donors (Lipinski definition) is 0. The van der Waals surface area contributed by atoms with E-state index in [0.29, 0.717) is 11.6 Å². The Morgan fingerprint density at radius 1 is 0.382 bits per heavy atom. The first-order chi connectivity index (χ1) is 27.3. The molecule has 0 N–H and O–H groups in total. The number of nitrogens with zero attached hydrogens (tertiary/aromatic N) is 4. The van der Waals surface area contributed by atoms with Crippen LogP contribution in [0.25, 0.3) is 79.3 Å². The molecule has 256 valence electrons. The first kappa shape index (κ1) is 31.2. The van der Waals surface area contributed by atoms with Crippen LogP contribution in [-0.2, 0) is 5.41 Å². The van der Waals surface area contributed by atoms with E-state index < -0.39 is 5.41 Å². The van der Waals surface area contributed by atoms with E-state index in [-0.39, 0.29) is 0 Å². The fraction of sp³-hybridized carbons (Fsp3) is 0.0196. The normalized spacial score (nSPS) is 14.9. The maximum atomic E-state index is 5.26. The monoisotopic (exact) mass is 700 g/mol. The second-order valence-electron chi connectivity index (χ2n) is 14.2. The quantitative estimate of drug-likeness (QED) is 0.183. The van der Waals surface area contributed by atoms with E-state index in [1.807, 2.05) is 60.9 Å². The molecule has 1 unspecified atom stereocenters. The van der Waals surface area contributed by atoms with Gasteiger partial charge in [-0.15, -0.1) is 0 Å². The van der Waals surface area contributed by atoms with E-state index in [9.17, 15) is 0 Å². The predicted molar refractivity (Wildman–Crippen MR) is 223 cm³/mol. The second-order valence-corrected chi connectivity index (χ2v) is 14.2. The molecule has 0 amide bonds. The molecule has 2 aliphatic carbocycles. The summed E-state index contributed by atoms with van der Waals surface area (Å²) in [6.45, 7) is 0. The summed E-state index contributed by atoms with van der Waals surface area (Å²) in [5.74, 6) is 1.33. The van der Waals surface area contributed by atoms with E-state index >= 15 is 0 Å². The SMILES string of the molecule is C1=Cc2ccc(-c3cc(-c4cnc(-c5ccccc5)nc4)nc(-c4ccccc4)n3)cc2C2(c3ccccc31)c1ccccc1-c1c2ccc2ccccc12. The number of rotatable bonds is 4. The Hall–Kier alpha value is -7.30. The van der Waals surface area contributed by atoms with Crippen LogP contribution >= 0.6 is 0 Å². The van der Waals surface area contributed by atoms with Gasteiger partial charge in [-0.2, -0.15) is 0 Å². The minimum atomic E-state index is -0.569. The first-order valence-electron chi connectivity index (χ1n) is 18.6. The van der Waals surface area contributed by atoms with Gasteiger partial charge < -0.3 is 0 Å². The minimum Gasteiger partial charge on any atom is -0.236 e. The van der Waals surface area contributed by atoms with Crippen molar-refractivity contribution in [2.24, 2.45) is 0 Å². The van der Waals surface area contributed by atoms with Gasteiger partial charge in [0.2, 0.25) is 0 Å². The average Bonchev–Trinajstić information content (AvgIpc) is 3.48. The number of hydrogen-bond acceptors (Lipinski definition) is 4. The van der Waals surface area contributed by atoms with Crippen molar-refractivity contribution < 1.29 is 0 Å². The Bertz CT molecular complexity index is 2970. The molecule has 1 spiro atoms. The molecule has 0 radical (unpaired) electrons. The second kappa shape index (κ2) is 12.4. The van der Waals surface area contributed by atoms with Crippen molar-refractivity contribution in [2.45, 2.75) is 5.41 Å². The summed E-state index contributed by atoms with van der Waals surface area (Å²) in [7, 11) is 0. The zero-order valence-corrected chi connectivity index (χ0v) is 29.8. The third-order valence-corrected chi connectivity index (χ3v) is 11.2. The Labute approximate surface area is 319 Å². The van der Waals surface area contributed by atoms with Crippen LogP contribution in [0.3, 0.4) is 0 Å². The van der Waals surface area contributed by atoms with Crippen LogP contribution in [0.2, 0.25) is 0 Å². The van der Waals surface area contributed by atoms with Crippen LogP contribution in [0, 0.1) is 0 Å². The van der Waals surface area contributed by atoms with Gasteiger partial charge in [-0.1, -0.05) is 170 Å². The molecule has 0 saturated carbocycles. The third kappa shape index (κ3) is 4.85. The van der Waals surface area contributed by atoms with Gasteiger partial charge in [-0.3, -0.25) is 0 Å². The van der Waals surface area contributed by atoms with Gasteiger partial charge in [0.15, 0.2) is 11.6 Å². The van der Waals surface area contributed by atoms with Crippen molar-refractivity contribution in [3.63, 3.8) is 0 Å². The zero-order chi connectivity index (χ0) is 36.3. The van der Waals surface area contributed by atoms with Crippen molar-refractivity contribution in [3.8, 4) is 56.4 Å². The summed E-state index contributed by atoms with van der Waals surface area (Å²) in [6, 6.07) is 60.4. The lowest BCUT2D eigenvalue weighted by Crippen LogP contribution is -2.30. The summed E-state index contributed by atoms with van der Waals surface area (Å²) < 4.78 is 0. The summed E-state index contributed by atoms with van der Waals surface area (Å²) in [5.41, 5.74) is 14.8. The Morgan fingerprint density at radius 3 is 1.78 bits per heavy atom. The van der Waals surface area contributed by atoms with Crippen LogP contribution in [0.5, 0.6) is 0 Å². The molecule has 0 fully saturated rings. The number of aromatic nitrogens is 4. The van der Waals surface area contributed by atoms with Crippen molar-refractivity contribution in [1.82, 2.24) is 19.9 Å². The molecule has 0 saturated heterocycles. The summed E-state index contributed by atoms with van der Waals surface area (Å²) in [4.78, 5) is 19.9. The summed E-state index contributed by atoms with van der Waals surface area (Å²) in [5, 5.41) is 2.51. The fourth-order valence-electron chi connectivity index (χ4n) is 8.78. The van der Waals surface area contributed by atoms with Crippen LogP contribution in [0.1, 0.15) is 33.4 Å². The molecule has 2 aliphatic rings. The Kier molecular flexibility index (Phi) is 7.04. The van der Waals surface area contributed by atoms with E-state index in [2.05, 4.69) is 133 Å². The Balaban J connectivity index is 1.16. The average molecular weight is 701 g/mol. The number of benzene rings is 7. The molecular weight excluding hydrogens is 669 g/mol. The van der Waals surface area contributed by atoms with E-state index in [0.717, 1.165) is 33.6 Å². The molecule has 4 nitrogen and oxygen atoms in total. The topological polar surface area (TPSA) is 51.6 Å². The molecule has 1 atom stereocenters. The van der Waals surface area contributed by atoms with Crippen LogP contribution in [0.15, 0.2) is 182 Å². The lowest BCUT2D eigenvalue weighted by atomic mass is 9.65. The lowest BCUT2D eigenvalue weighted by molar-refractivity contribution is 0.767. The van der Waals surface area contributed by atoms with Crippen LogP contribution < -0.4 is 0 Å². The smallest absolute Gasteiger partial charge is 0.160 e. The molecule has 55 heavy (non-hydrogen) atoms. The van der Waals surface area contributed by atoms with Gasteiger partial charge in [-0.25, -0.2) is 19.9 Å². The molecule has 0 bridgehead atoms. The molecule has 7 aromatic carbocycles. The van der Waals surface area contributed by atoms with Gasteiger partial charge >= 0.3 is 0 Å². The first-order valence-corrected chi connectivity index (χ1v) is 18.6. The van der Waals surface area contributed by atoms with Crippen LogP contribution in [-0.4, -0.2) is 19.9 Å². The largest absolute Gasteiger partial charge is 0.236 e. The van der Waals surface area contributed by atoms with Gasteiger partial charge in [-0.05, 0) is 67.4 Å². The minimum absolute atomic E-state index is 0.569. The van der Waals surface area contributed by atoms with Crippen LogP contribution in [0.4, 0.5) is 0 Å². The highest BCUT2D eigenvalue weighted by Gasteiger charge is 2.49.